The summed E-state index contributed by atoms with van der Waals surface area (Å²) in [5, 5.41) is 0.209. The first kappa shape index (κ1) is 24.9. The molecule has 3 rings (SSSR count). The number of rotatable bonds is 4. The van der Waals surface area contributed by atoms with E-state index in [-0.39, 0.29) is 26.1 Å². The number of carbonyl (C=O) groups is 1. The molecule has 0 bridgehead atoms. The third kappa shape index (κ3) is 5.28. The lowest BCUT2D eigenvalue weighted by atomic mass is 10.1. The van der Waals surface area contributed by atoms with Gasteiger partial charge in [0.2, 0.25) is 10.0 Å². The van der Waals surface area contributed by atoms with Crippen LogP contribution in [0.25, 0.3) is 11.2 Å². The summed E-state index contributed by atoms with van der Waals surface area (Å²) in [5.74, 6) is 0. The standard InChI is InChI=1S/C20H20ClF3N4O4S/c1-19(2,3)32-18(29)28-11-26-15-9-14(10-25-17(15)28)33(30,31)27(4)16(20(22,23)24)12-5-7-13(21)8-6-12/h5-11,16H,1-4H3/t16-/m1/s1. The van der Waals surface area contributed by atoms with Crippen LogP contribution in [0, 0.1) is 0 Å². The van der Waals surface area contributed by atoms with Crippen LogP contribution in [-0.4, -0.2) is 52.2 Å². The highest BCUT2D eigenvalue weighted by atomic mass is 35.5. The van der Waals surface area contributed by atoms with E-state index in [1.807, 2.05) is 0 Å². The second-order valence-corrected chi connectivity index (χ2v) is 10.6. The van der Waals surface area contributed by atoms with Gasteiger partial charge in [-0.25, -0.2) is 27.7 Å². The van der Waals surface area contributed by atoms with Gasteiger partial charge in [-0.15, -0.1) is 0 Å². The summed E-state index contributed by atoms with van der Waals surface area (Å²) < 4.78 is 74.1. The van der Waals surface area contributed by atoms with Gasteiger partial charge >= 0.3 is 12.3 Å². The van der Waals surface area contributed by atoms with Crippen LogP contribution in [0.4, 0.5) is 18.0 Å². The molecule has 1 aromatic carbocycles. The molecule has 0 aliphatic carbocycles. The van der Waals surface area contributed by atoms with Crippen molar-refractivity contribution in [2.75, 3.05) is 7.05 Å². The Morgan fingerprint density at radius 3 is 2.30 bits per heavy atom. The number of fused-ring (bicyclic) bond motifs is 1. The molecule has 2 aromatic heterocycles. The first-order chi connectivity index (χ1) is 15.1. The van der Waals surface area contributed by atoms with Gasteiger partial charge in [0.25, 0.3) is 0 Å². The molecule has 0 amide bonds. The maximum Gasteiger partial charge on any atom is 0.421 e. The van der Waals surface area contributed by atoms with Crippen LogP contribution in [-0.2, 0) is 14.8 Å². The van der Waals surface area contributed by atoms with Gasteiger partial charge in [-0.05, 0) is 44.5 Å². The molecule has 0 saturated heterocycles. The summed E-state index contributed by atoms with van der Waals surface area (Å²) >= 11 is 5.75. The smallest absolute Gasteiger partial charge is 0.421 e. The molecule has 2 heterocycles. The molecule has 13 heteroatoms. The topological polar surface area (TPSA) is 94.4 Å². The third-order valence-electron chi connectivity index (χ3n) is 4.49. The second-order valence-electron chi connectivity index (χ2n) is 8.13. The number of halogens is 4. The van der Waals surface area contributed by atoms with E-state index in [9.17, 15) is 26.4 Å². The molecule has 178 valence electrons. The van der Waals surface area contributed by atoms with Crippen LogP contribution < -0.4 is 0 Å². The fourth-order valence-electron chi connectivity index (χ4n) is 3.02. The van der Waals surface area contributed by atoms with Crippen LogP contribution in [0.5, 0.6) is 0 Å². The Labute approximate surface area is 193 Å². The number of ether oxygens (including phenoxy) is 1. The molecule has 3 aromatic rings. The Bertz CT molecular complexity index is 1290. The molecule has 0 saturated carbocycles. The van der Waals surface area contributed by atoms with E-state index in [4.69, 9.17) is 16.3 Å². The third-order valence-corrected chi connectivity index (χ3v) is 6.53. The molecular weight excluding hydrogens is 485 g/mol. The van der Waals surface area contributed by atoms with Gasteiger partial charge in [-0.1, -0.05) is 23.7 Å². The van der Waals surface area contributed by atoms with Gasteiger partial charge in [0.05, 0.1) is 0 Å². The number of alkyl halides is 3. The number of aromatic nitrogens is 3. The predicted octanol–water partition coefficient (Wildman–Crippen LogP) is 4.79. The zero-order valence-electron chi connectivity index (χ0n) is 18.0. The van der Waals surface area contributed by atoms with Crippen molar-refractivity contribution in [3.63, 3.8) is 0 Å². The largest absolute Gasteiger partial charge is 0.443 e. The summed E-state index contributed by atoms with van der Waals surface area (Å²) in [6, 6.07) is 3.28. The lowest BCUT2D eigenvalue weighted by Crippen LogP contribution is -2.39. The van der Waals surface area contributed by atoms with Crippen molar-refractivity contribution in [2.24, 2.45) is 0 Å². The first-order valence-corrected chi connectivity index (χ1v) is 11.3. The average Bonchev–Trinajstić information content (AvgIpc) is 3.10. The van der Waals surface area contributed by atoms with Crippen molar-refractivity contribution in [1.29, 1.82) is 0 Å². The molecule has 0 unspecified atom stereocenters. The number of carbonyl (C=O) groups excluding carboxylic acids is 1. The molecule has 0 aliphatic rings. The van der Waals surface area contributed by atoms with Crippen LogP contribution in [0.2, 0.25) is 5.02 Å². The Morgan fingerprint density at radius 2 is 1.76 bits per heavy atom. The van der Waals surface area contributed by atoms with E-state index >= 15 is 0 Å². The lowest BCUT2D eigenvalue weighted by molar-refractivity contribution is -0.171. The number of nitrogens with zero attached hydrogens (tertiary/aromatic N) is 4. The Hall–Kier alpha value is -2.70. The van der Waals surface area contributed by atoms with Crippen LogP contribution in [0.3, 0.4) is 0 Å². The predicted molar refractivity (Wildman–Crippen MR) is 114 cm³/mol. The maximum absolute atomic E-state index is 13.9. The van der Waals surface area contributed by atoms with Crippen molar-refractivity contribution in [2.45, 2.75) is 43.5 Å². The number of hydrogen-bond donors (Lipinski definition) is 0. The highest BCUT2D eigenvalue weighted by Crippen LogP contribution is 2.40. The molecule has 0 spiro atoms. The van der Waals surface area contributed by atoms with Gasteiger partial charge in [0.1, 0.15) is 28.4 Å². The number of pyridine rings is 1. The summed E-state index contributed by atoms with van der Waals surface area (Å²) in [5.41, 5.74) is -1.11. The van der Waals surface area contributed by atoms with Crippen molar-refractivity contribution in [3.8, 4) is 0 Å². The van der Waals surface area contributed by atoms with Gasteiger partial charge < -0.3 is 4.74 Å². The maximum atomic E-state index is 13.9. The van der Waals surface area contributed by atoms with Crippen LogP contribution in [0.15, 0.2) is 47.8 Å². The SMILES string of the molecule is CN([C@H](c1ccc(Cl)cc1)C(F)(F)F)S(=O)(=O)c1cnc2c(c1)ncn2C(=O)OC(C)(C)C. The number of hydrogen-bond acceptors (Lipinski definition) is 6. The van der Waals surface area contributed by atoms with E-state index in [0.29, 0.717) is 0 Å². The fraction of sp³-hybridized carbons (Fsp3) is 0.350. The van der Waals surface area contributed by atoms with Gasteiger partial charge in [0, 0.05) is 18.3 Å². The van der Waals surface area contributed by atoms with Crippen molar-refractivity contribution in [1.82, 2.24) is 18.8 Å². The molecule has 0 fully saturated rings. The number of sulfonamides is 1. The summed E-state index contributed by atoms with van der Waals surface area (Å²) in [6.07, 6.45) is -3.74. The average molecular weight is 505 g/mol. The fourth-order valence-corrected chi connectivity index (χ4v) is 4.45. The monoisotopic (exact) mass is 504 g/mol. The molecular formula is C20H20ClF3N4O4S. The zero-order valence-corrected chi connectivity index (χ0v) is 19.5. The first-order valence-electron chi connectivity index (χ1n) is 9.48. The van der Waals surface area contributed by atoms with Crippen molar-refractivity contribution in [3.05, 3.63) is 53.4 Å². The Morgan fingerprint density at radius 1 is 1.15 bits per heavy atom. The summed E-state index contributed by atoms with van der Waals surface area (Å²) in [7, 11) is -3.83. The van der Waals surface area contributed by atoms with E-state index in [1.54, 1.807) is 20.8 Å². The molecule has 0 N–H and O–H groups in total. The molecule has 0 radical (unpaired) electrons. The highest BCUT2D eigenvalue weighted by Gasteiger charge is 2.47. The zero-order chi connectivity index (χ0) is 24.8. The van der Waals surface area contributed by atoms with Crippen LogP contribution >= 0.6 is 11.6 Å². The van der Waals surface area contributed by atoms with Crippen LogP contribution in [0.1, 0.15) is 32.4 Å². The van der Waals surface area contributed by atoms with E-state index in [1.165, 1.54) is 12.1 Å². The second kappa shape index (κ2) is 8.58. The Balaban J connectivity index is 2.01. The van der Waals surface area contributed by atoms with Crippen molar-refractivity contribution >= 4 is 38.9 Å². The molecule has 8 nitrogen and oxygen atoms in total. The van der Waals surface area contributed by atoms with E-state index in [2.05, 4.69) is 9.97 Å². The summed E-state index contributed by atoms with van der Waals surface area (Å²) in [4.78, 5) is 19.7. The minimum atomic E-state index is -4.91. The minimum absolute atomic E-state index is 0.00377. The van der Waals surface area contributed by atoms with E-state index < -0.39 is 38.8 Å². The highest BCUT2D eigenvalue weighted by molar-refractivity contribution is 7.89. The van der Waals surface area contributed by atoms with Gasteiger partial charge in [-0.2, -0.15) is 17.5 Å². The molecule has 33 heavy (non-hydrogen) atoms. The molecule has 0 aliphatic heterocycles. The lowest BCUT2D eigenvalue weighted by Gasteiger charge is -2.29. The Kier molecular flexibility index (Phi) is 6.48. The quantitative estimate of drug-likeness (QED) is 0.507. The van der Waals surface area contributed by atoms with E-state index in [0.717, 1.165) is 42.3 Å². The van der Waals surface area contributed by atoms with Gasteiger partial charge in [-0.3, -0.25) is 0 Å². The molecule has 1 atom stereocenters. The number of benzene rings is 1. The summed E-state index contributed by atoms with van der Waals surface area (Å²) in [6.45, 7) is 4.99. The normalized spacial score (nSPS) is 14.0. The minimum Gasteiger partial charge on any atom is -0.443 e. The van der Waals surface area contributed by atoms with Crippen molar-refractivity contribution < 1.29 is 31.1 Å². The number of imidazole rings is 1. The van der Waals surface area contributed by atoms with Gasteiger partial charge in [0.15, 0.2) is 5.65 Å².